The third-order valence-electron chi connectivity index (χ3n) is 4.14. The summed E-state index contributed by atoms with van der Waals surface area (Å²) in [7, 11) is 0. The minimum atomic E-state index is 0.108. The molecule has 1 aliphatic heterocycles. The molecule has 3 rings (SSSR count). The number of thiophene rings is 1. The van der Waals surface area contributed by atoms with Crippen LogP contribution in [0.4, 0.5) is 5.69 Å². The summed E-state index contributed by atoms with van der Waals surface area (Å²) in [6.45, 7) is 3.22. The molecular formula is C20H23NOS2. The van der Waals surface area contributed by atoms with Gasteiger partial charge in [0.2, 0.25) is 0 Å². The lowest BCUT2D eigenvalue weighted by atomic mass is 10.1. The highest BCUT2D eigenvalue weighted by atomic mass is 32.2. The Bertz CT molecular complexity index is 706. The quantitative estimate of drug-likeness (QED) is 0.312. The van der Waals surface area contributed by atoms with Crippen LogP contribution in [0, 0.1) is 0 Å². The fourth-order valence-corrected chi connectivity index (χ4v) is 4.62. The minimum Gasteiger partial charge on any atom is -0.335 e. The van der Waals surface area contributed by atoms with Gasteiger partial charge in [-0.2, -0.15) is 0 Å². The molecule has 0 bridgehead atoms. The van der Waals surface area contributed by atoms with E-state index < -0.39 is 0 Å². The van der Waals surface area contributed by atoms with Crippen molar-refractivity contribution < 1.29 is 4.79 Å². The zero-order valence-electron chi connectivity index (χ0n) is 14.0. The van der Waals surface area contributed by atoms with Gasteiger partial charge in [-0.25, -0.2) is 0 Å². The van der Waals surface area contributed by atoms with Crippen LogP contribution in [0.5, 0.6) is 0 Å². The van der Waals surface area contributed by atoms with Gasteiger partial charge in [-0.15, -0.1) is 11.3 Å². The molecule has 126 valence electrons. The maximum atomic E-state index is 12.5. The first kappa shape index (κ1) is 17.3. The Kier molecular flexibility index (Phi) is 6.16. The second-order valence-electron chi connectivity index (χ2n) is 5.96. The molecule has 0 saturated heterocycles. The second-order valence-corrected chi connectivity index (χ2v) is 7.97. The van der Waals surface area contributed by atoms with Crippen molar-refractivity contribution in [1.29, 1.82) is 0 Å². The van der Waals surface area contributed by atoms with Crippen LogP contribution < -0.4 is 4.90 Å². The molecule has 2 heterocycles. The molecule has 0 fully saturated rings. The maximum absolute atomic E-state index is 12.5. The van der Waals surface area contributed by atoms with Crippen molar-refractivity contribution >= 4 is 34.6 Å². The predicted molar refractivity (Wildman–Crippen MR) is 105 cm³/mol. The van der Waals surface area contributed by atoms with E-state index in [1.807, 2.05) is 23.6 Å². The first-order valence-corrected chi connectivity index (χ1v) is 10.3. The molecule has 2 aromatic rings. The molecule has 1 aromatic carbocycles. The Morgan fingerprint density at radius 1 is 1.08 bits per heavy atom. The number of benzene rings is 1. The van der Waals surface area contributed by atoms with Gasteiger partial charge in [0, 0.05) is 17.5 Å². The molecule has 4 heteroatoms. The molecule has 0 N–H and O–H groups in total. The van der Waals surface area contributed by atoms with Gasteiger partial charge >= 0.3 is 0 Å². The number of carbonyl (C=O) groups excluding carboxylic acids is 1. The third kappa shape index (κ3) is 4.11. The molecule has 2 nitrogen and oxygen atoms in total. The number of rotatable bonds is 8. The number of nitrogens with zero attached hydrogens (tertiary/aromatic N) is 1. The summed E-state index contributed by atoms with van der Waals surface area (Å²) in [5, 5.41) is 3.01. The first-order chi connectivity index (χ1) is 11.8. The number of allylic oxidation sites excluding steroid dienone is 1. The topological polar surface area (TPSA) is 20.3 Å². The fraction of sp³-hybridized carbons (Fsp3) is 0.350. The van der Waals surface area contributed by atoms with Crippen molar-refractivity contribution in [1.82, 2.24) is 0 Å². The number of fused-ring (bicyclic) bond motifs is 1. The van der Waals surface area contributed by atoms with Crippen LogP contribution in [0.2, 0.25) is 0 Å². The first-order valence-electron chi connectivity index (χ1n) is 8.63. The summed E-state index contributed by atoms with van der Waals surface area (Å²) >= 11 is 3.21. The Morgan fingerprint density at radius 3 is 2.71 bits per heavy atom. The van der Waals surface area contributed by atoms with Crippen LogP contribution in [0.15, 0.2) is 57.8 Å². The van der Waals surface area contributed by atoms with Crippen LogP contribution in [-0.2, 0) is 0 Å². The van der Waals surface area contributed by atoms with E-state index in [9.17, 15) is 4.79 Å². The molecule has 0 spiro atoms. The van der Waals surface area contributed by atoms with E-state index in [0.29, 0.717) is 0 Å². The number of hydrogen-bond acceptors (Lipinski definition) is 4. The number of carbonyl (C=O) groups is 1. The van der Waals surface area contributed by atoms with E-state index in [0.717, 1.165) is 16.5 Å². The molecule has 1 aromatic heterocycles. The van der Waals surface area contributed by atoms with E-state index in [1.165, 1.54) is 54.0 Å². The van der Waals surface area contributed by atoms with Gasteiger partial charge in [-0.05, 0) is 30.0 Å². The van der Waals surface area contributed by atoms with Crippen molar-refractivity contribution in [3.63, 3.8) is 0 Å². The SMILES string of the molecule is CCCCCCCN1/C(=C/C(=O)c2cccs2)Sc2ccccc21. The zero-order chi connectivity index (χ0) is 16.8. The maximum Gasteiger partial charge on any atom is 0.198 e. The smallest absolute Gasteiger partial charge is 0.198 e. The number of anilines is 1. The molecular weight excluding hydrogens is 334 g/mol. The average molecular weight is 358 g/mol. The van der Waals surface area contributed by atoms with Crippen LogP contribution in [-0.4, -0.2) is 12.3 Å². The highest BCUT2D eigenvalue weighted by Crippen LogP contribution is 2.46. The second kappa shape index (κ2) is 8.54. The Morgan fingerprint density at radius 2 is 1.92 bits per heavy atom. The van der Waals surface area contributed by atoms with Crippen molar-refractivity contribution in [2.24, 2.45) is 0 Å². The van der Waals surface area contributed by atoms with E-state index in [2.05, 4.69) is 36.1 Å². The lowest BCUT2D eigenvalue weighted by Gasteiger charge is -2.20. The van der Waals surface area contributed by atoms with Crippen molar-refractivity contribution in [2.75, 3.05) is 11.4 Å². The van der Waals surface area contributed by atoms with Gasteiger partial charge in [0.25, 0.3) is 0 Å². The standard InChI is InChI=1S/C20H23NOS2/c1-2-3-4-5-8-13-21-16-10-6-7-11-18(16)24-20(21)15-17(22)19-12-9-14-23-19/h6-7,9-12,14-15H,2-5,8,13H2,1H3/b20-15-. The van der Waals surface area contributed by atoms with E-state index in [-0.39, 0.29) is 5.78 Å². The van der Waals surface area contributed by atoms with Gasteiger partial charge in [0.15, 0.2) is 5.78 Å². The van der Waals surface area contributed by atoms with E-state index in [4.69, 9.17) is 0 Å². The highest BCUT2D eigenvalue weighted by molar-refractivity contribution is 8.03. The van der Waals surface area contributed by atoms with Gasteiger partial charge < -0.3 is 4.90 Å². The minimum absolute atomic E-state index is 0.108. The lowest BCUT2D eigenvalue weighted by molar-refractivity contribution is 0.105. The summed E-state index contributed by atoms with van der Waals surface area (Å²) in [6.07, 6.45) is 8.10. The molecule has 0 saturated carbocycles. The predicted octanol–water partition coefficient (Wildman–Crippen LogP) is 6.35. The third-order valence-corrected chi connectivity index (χ3v) is 6.14. The Balaban J connectivity index is 1.73. The molecule has 1 aliphatic rings. The number of para-hydroxylation sites is 1. The normalized spacial score (nSPS) is 15.0. The number of hydrogen-bond donors (Lipinski definition) is 0. The highest BCUT2D eigenvalue weighted by Gasteiger charge is 2.25. The van der Waals surface area contributed by atoms with Gasteiger partial charge in [0.05, 0.1) is 15.6 Å². The summed E-state index contributed by atoms with van der Waals surface area (Å²) < 4.78 is 0. The van der Waals surface area contributed by atoms with E-state index >= 15 is 0 Å². The molecule has 0 aliphatic carbocycles. The van der Waals surface area contributed by atoms with Crippen molar-refractivity contribution in [3.05, 3.63) is 57.8 Å². The lowest BCUT2D eigenvalue weighted by Crippen LogP contribution is -2.19. The average Bonchev–Trinajstić information content (AvgIpc) is 3.23. The fourth-order valence-electron chi connectivity index (χ4n) is 2.87. The van der Waals surface area contributed by atoms with Crippen LogP contribution >= 0.6 is 23.1 Å². The Labute approximate surface area is 152 Å². The van der Waals surface area contributed by atoms with Gasteiger partial charge in [-0.3, -0.25) is 4.79 Å². The van der Waals surface area contributed by atoms with E-state index in [1.54, 1.807) is 11.8 Å². The molecule has 0 atom stereocenters. The Hall–Kier alpha value is -1.52. The molecule has 0 amide bonds. The number of thioether (sulfide) groups is 1. The summed E-state index contributed by atoms with van der Waals surface area (Å²) in [5.74, 6) is 0.108. The molecule has 0 radical (unpaired) electrons. The van der Waals surface area contributed by atoms with Gasteiger partial charge in [-0.1, -0.05) is 62.6 Å². The largest absolute Gasteiger partial charge is 0.335 e. The molecule has 24 heavy (non-hydrogen) atoms. The van der Waals surface area contributed by atoms with Crippen molar-refractivity contribution in [2.45, 2.75) is 43.9 Å². The monoisotopic (exact) mass is 357 g/mol. The summed E-state index contributed by atoms with van der Waals surface area (Å²) in [4.78, 5) is 16.8. The summed E-state index contributed by atoms with van der Waals surface area (Å²) in [5.41, 5.74) is 1.24. The van der Waals surface area contributed by atoms with Crippen LogP contribution in [0.25, 0.3) is 0 Å². The molecule has 0 unspecified atom stereocenters. The van der Waals surface area contributed by atoms with Crippen LogP contribution in [0.1, 0.15) is 48.7 Å². The number of ketones is 1. The van der Waals surface area contributed by atoms with Crippen LogP contribution in [0.3, 0.4) is 0 Å². The van der Waals surface area contributed by atoms with Crippen molar-refractivity contribution in [3.8, 4) is 0 Å². The summed E-state index contributed by atoms with van der Waals surface area (Å²) in [6, 6.07) is 12.3. The number of unbranched alkanes of at least 4 members (excludes halogenated alkanes) is 4. The zero-order valence-corrected chi connectivity index (χ0v) is 15.7. The van der Waals surface area contributed by atoms with Gasteiger partial charge in [0.1, 0.15) is 0 Å².